The number of amides is 1. The van der Waals surface area contributed by atoms with Gasteiger partial charge in [-0.05, 0) is 19.1 Å². The first-order valence-corrected chi connectivity index (χ1v) is 9.86. The van der Waals surface area contributed by atoms with E-state index in [2.05, 4.69) is 21.9 Å². The lowest BCUT2D eigenvalue weighted by atomic mass is 10.1. The van der Waals surface area contributed by atoms with E-state index in [0.717, 1.165) is 34.8 Å². The molecule has 1 aliphatic heterocycles. The Labute approximate surface area is 168 Å². The predicted molar refractivity (Wildman–Crippen MR) is 110 cm³/mol. The van der Waals surface area contributed by atoms with E-state index < -0.39 is 0 Å². The minimum absolute atomic E-state index is 0.0243. The van der Waals surface area contributed by atoms with Crippen molar-refractivity contribution in [1.29, 1.82) is 0 Å². The van der Waals surface area contributed by atoms with E-state index in [1.165, 1.54) is 0 Å². The molecule has 3 heterocycles. The maximum Gasteiger partial charge on any atom is 0.255 e. The maximum atomic E-state index is 12.8. The van der Waals surface area contributed by atoms with Crippen molar-refractivity contribution >= 4 is 34.4 Å². The highest BCUT2D eigenvalue weighted by atomic mass is 35.5. The van der Waals surface area contributed by atoms with E-state index in [9.17, 15) is 4.79 Å². The van der Waals surface area contributed by atoms with Gasteiger partial charge in [-0.3, -0.25) is 9.48 Å². The second kappa shape index (κ2) is 7.39. The molecule has 8 heteroatoms. The summed E-state index contributed by atoms with van der Waals surface area (Å²) >= 11 is 6.20. The van der Waals surface area contributed by atoms with Crippen molar-refractivity contribution in [2.45, 2.75) is 20.3 Å². The SMILES string of the molecule is CCc1nc(N2CCN(C(=O)c3ccccc3Cl)CC2)c2c(n1)c(C)nn2C. The average molecular weight is 399 g/mol. The van der Waals surface area contributed by atoms with Gasteiger partial charge < -0.3 is 9.80 Å². The lowest BCUT2D eigenvalue weighted by Gasteiger charge is -2.35. The van der Waals surface area contributed by atoms with Gasteiger partial charge in [-0.1, -0.05) is 30.7 Å². The maximum absolute atomic E-state index is 12.8. The number of carbonyl (C=O) groups is 1. The van der Waals surface area contributed by atoms with Crippen LogP contribution < -0.4 is 4.90 Å². The molecule has 0 atom stereocenters. The van der Waals surface area contributed by atoms with Crippen molar-refractivity contribution in [1.82, 2.24) is 24.6 Å². The second-order valence-corrected chi connectivity index (χ2v) is 7.39. The van der Waals surface area contributed by atoms with E-state index in [1.54, 1.807) is 12.1 Å². The van der Waals surface area contributed by atoms with Crippen LogP contribution in [0.5, 0.6) is 0 Å². The largest absolute Gasteiger partial charge is 0.351 e. The number of aryl methyl sites for hydroxylation is 3. The molecule has 1 fully saturated rings. The molecule has 0 bridgehead atoms. The van der Waals surface area contributed by atoms with E-state index in [0.29, 0.717) is 36.8 Å². The Morgan fingerprint density at radius 2 is 1.86 bits per heavy atom. The van der Waals surface area contributed by atoms with E-state index in [1.807, 2.05) is 35.7 Å². The van der Waals surface area contributed by atoms with Crippen LogP contribution >= 0.6 is 11.6 Å². The van der Waals surface area contributed by atoms with Crippen LogP contribution in [-0.2, 0) is 13.5 Å². The number of benzene rings is 1. The summed E-state index contributed by atoms with van der Waals surface area (Å²) in [5.74, 6) is 1.69. The fourth-order valence-electron chi connectivity index (χ4n) is 3.67. The van der Waals surface area contributed by atoms with E-state index in [4.69, 9.17) is 16.6 Å². The topological polar surface area (TPSA) is 67.2 Å². The first kappa shape index (κ1) is 18.7. The standard InChI is InChI=1S/C20H23ClN6O/c1-4-16-22-17-13(2)24-25(3)18(17)19(23-16)26-9-11-27(12-10-26)20(28)14-7-5-6-8-15(14)21/h5-8H,4,9-12H2,1-3H3. The molecule has 28 heavy (non-hydrogen) atoms. The third-order valence-electron chi connectivity index (χ3n) is 5.17. The summed E-state index contributed by atoms with van der Waals surface area (Å²) in [6.45, 7) is 6.67. The molecule has 0 radical (unpaired) electrons. The molecule has 0 spiro atoms. The van der Waals surface area contributed by atoms with Gasteiger partial charge >= 0.3 is 0 Å². The fraction of sp³-hybridized carbons (Fsp3) is 0.400. The van der Waals surface area contributed by atoms with Crippen LogP contribution in [0.3, 0.4) is 0 Å². The molecule has 2 aromatic heterocycles. The van der Waals surface area contributed by atoms with E-state index in [-0.39, 0.29) is 5.91 Å². The van der Waals surface area contributed by atoms with Gasteiger partial charge in [-0.2, -0.15) is 5.10 Å². The predicted octanol–water partition coefficient (Wildman–Crippen LogP) is 2.85. The molecular formula is C20H23ClN6O. The third-order valence-corrected chi connectivity index (χ3v) is 5.49. The molecule has 0 saturated carbocycles. The number of anilines is 1. The second-order valence-electron chi connectivity index (χ2n) is 6.98. The summed E-state index contributed by atoms with van der Waals surface area (Å²) in [6, 6.07) is 7.19. The molecular weight excluding hydrogens is 376 g/mol. The molecule has 0 unspecified atom stereocenters. The molecule has 0 N–H and O–H groups in total. The van der Waals surface area contributed by atoms with Crippen molar-refractivity contribution in [3.05, 3.63) is 46.4 Å². The van der Waals surface area contributed by atoms with Gasteiger partial charge in [0, 0.05) is 39.6 Å². The fourth-order valence-corrected chi connectivity index (χ4v) is 3.88. The number of carbonyl (C=O) groups excluding carboxylic acids is 1. The summed E-state index contributed by atoms with van der Waals surface area (Å²) in [5, 5.41) is 5.01. The summed E-state index contributed by atoms with van der Waals surface area (Å²) in [6.07, 6.45) is 0.766. The quantitative estimate of drug-likeness (QED) is 0.678. The number of hydrogen-bond donors (Lipinski definition) is 0. The zero-order chi connectivity index (χ0) is 19.8. The lowest BCUT2D eigenvalue weighted by molar-refractivity contribution is 0.0746. The molecule has 146 valence electrons. The normalized spacial score (nSPS) is 14.7. The smallest absolute Gasteiger partial charge is 0.255 e. The average Bonchev–Trinajstić information content (AvgIpc) is 3.01. The van der Waals surface area contributed by atoms with Crippen molar-refractivity contribution in [2.75, 3.05) is 31.1 Å². The van der Waals surface area contributed by atoms with Crippen molar-refractivity contribution in [2.24, 2.45) is 7.05 Å². The van der Waals surface area contributed by atoms with Gasteiger partial charge in [0.05, 0.1) is 16.3 Å². The van der Waals surface area contributed by atoms with Gasteiger partial charge in [0.1, 0.15) is 16.9 Å². The molecule has 3 aromatic rings. The van der Waals surface area contributed by atoms with Gasteiger partial charge in [0.15, 0.2) is 5.82 Å². The molecule has 1 amide bonds. The van der Waals surface area contributed by atoms with Crippen LogP contribution in [0, 0.1) is 6.92 Å². The van der Waals surface area contributed by atoms with Crippen LogP contribution in [0.15, 0.2) is 24.3 Å². The van der Waals surface area contributed by atoms with Gasteiger partial charge in [0.2, 0.25) is 0 Å². The Morgan fingerprint density at radius 1 is 1.14 bits per heavy atom. The highest BCUT2D eigenvalue weighted by Crippen LogP contribution is 2.27. The number of aromatic nitrogens is 4. The Bertz CT molecular complexity index is 1040. The van der Waals surface area contributed by atoms with Crippen LogP contribution in [-0.4, -0.2) is 56.7 Å². The number of nitrogens with zero attached hydrogens (tertiary/aromatic N) is 6. The minimum Gasteiger partial charge on any atom is -0.351 e. The minimum atomic E-state index is -0.0243. The number of hydrogen-bond acceptors (Lipinski definition) is 5. The zero-order valence-corrected chi connectivity index (χ0v) is 17.1. The van der Waals surface area contributed by atoms with Crippen molar-refractivity contribution < 1.29 is 4.79 Å². The summed E-state index contributed by atoms with van der Waals surface area (Å²) < 4.78 is 1.85. The number of rotatable bonds is 3. The molecule has 4 rings (SSSR count). The molecule has 0 aliphatic carbocycles. The van der Waals surface area contributed by atoms with Crippen molar-refractivity contribution in [3.8, 4) is 0 Å². The Kier molecular flexibility index (Phi) is 4.93. The number of fused-ring (bicyclic) bond motifs is 1. The lowest BCUT2D eigenvalue weighted by Crippen LogP contribution is -2.49. The van der Waals surface area contributed by atoms with Crippen LogP contribution in [0.2, 0.25) is 5.02 Å². The van der Waals surface area contributed by atoms with Gasteiger partial charge in [-0.25, -0.2) is 9.97 Å². The summed E-state index contributed by atoms with van der Waals surface area (Å²) in [7, 11) is 1.92. The molecule has 1 aliphatic rings. The van der Waals surface area contributed by atoms with Gasteiger partial charge in [-0.15, -0.1) is 0 Å². The van der Waals surface area contributed by atoms with Crippen molar-refractivity contribution in [3.63, 3.8) is 0 Å². The Morgan fingerprint density at radius 3 is 2.54 bits per heavy atom. The first-order valence-electron chi connectivity index (χ1n) is 9.48. The first-order chi connectivity index (χ1) is 13.5. The number of piperazine rings is 1. The summed E-state index contributed by atoms with van der Waals surface area (Å²) in [4.78, 5) is 26.3. The zero-order valence-electron chi connectivity index (χ0n) is 16.3. The molecule has 1 saturated heterocycles. The van der Waals surface area contributed by atoms with Crippen LogP contribution in [0.1, 0.15) is 28.8 Å². The monoisotopic (exact) mass is 398 g/mol. The van der Waals surface area contributed by atoms with Gasteiger partial charge in [0.25, 0.3) is 5.91 Å². The molecule has 1 aromatic carbocycles. The van der Waals surface area contributed by atoms with E-state index >= 15 is 0 Å². The van der Waals surface area contributed by atoms with Crippen LogP contribution in [0.25, 0.3) is 11.0 Å². The highest BCUT2D eigenvalue weighted by molar-refractivity contribution is 6.33. The van der Waals surface area contributed by atoms with Crippen LogP contribution in [0.4, 0.5) is 5.82 Å². The number of halogens is 1. The molecule has 7 nitrogen and oxygen atoms in total. The third kappa shape index (κ3) is 3.20. The Balaban J connectivity index is 1.59. The summed E-state index contributed by atoms with van der Waals surface area (Å²) in [5.41, 5.74) is 3.31. The highest BCUT2D eigenvalue weighted by Gasteiger charge is 2.26. The Hall–Kier alpha value is -2.67.